The van der Waals surface area contributed by atoms with Gasteiger partial charge in [-0.3, -0.25) is 9.88 Å². The van der Waals surface area contributed by atoms with Gasteiger partial charge in [-0.15, -0.1) is 0 Å². The second kappa shape index (κ2) is 7.68. The highest BCUT2D eigenvalue weighted by Crippen LogP contribution is 2.36. The highest BCUT2D eigenvalue weighted by atomic mass is 16.5. The minimum absolute atomic E-state index is 0.0705. The van der Waals surface area contributed by atoms with Gasteiger partial charge in [-0.2, -0.15) is 10.2 Å². The van der Waals surface area contributed by atoms with Gasteiger partial charge in [0.1, 0.15) is 0 Å². The maximum atomic E-state index is 9.10. The Morgan fingerprint density at radius 3 is 3.00 bits per heavy atom. The fourth-order valence-electron chi connectivity index (χ4n) is 3.75. The van der Waals surface area contributed by atoms with Crippen LogP contribution in [0.15, 0.2) is 53.2 Å². The Morgan fingerprint density at radius 2 is 2.19 bits per heavy atom. The van der Waals surface area contributed by atoms with Crippen molar-refractivity contribution in [2.24, 2.45) is 5.92 Å². The van der Waals surface area contributed by atoms with Gasteiger partial charge in [0.05, 0.1) is 23.4 Å². The summed E-state index contributed by atoms with van der Waals surface area (Å²) in [5.41, 5.74) is 2.42. The van der Waals surface area contributed by atoms with Crippen LogP contribution in [0.2, 0.25) is 0 Å². The Labute approximate surface area is 158 Å². The number of nitrogens with zero attached hydrogens (tertiary/aromatic N) is 5. The Kier molecular flexibility index (Phi) is 4.95. The number of pyridine rings is 1. The molecule has 3 aromatic rings. The molecular formula is C21H21N5O. The first-order valence-electron chi connectivity index (χ1n) is 9.22. The maximum absolute atomic E-state index is 9.10. The number of piperidine rings is 1. The second-order valence-corrected chi connectivity index (χ2v) is 7.00. The molecule has 0 radical (unpaired) electrons. The summed E-state index contributed by atoms with van der Waals surface area (Å²) in [5.74, 6) is 1.58. The van der Waals surface area contributed by atoms with E-state index in [1.807, 2.05) is 36.5 Å². The summed E-state index contributed by atoms with van der Waals surface area (Å²) in [5, 5.41) is 13.3. The zero-order chi connectivity index (χ0) is 18.6. The summed E-state index contributed by atoms with van der Waals surface area (Å²) in [6, 6.07) is 15.5. The molecule has 1 saturated heterocycles. The first-order chi connectivity index (χ1) is 13.2. The molecule has 1 fully saturated rings. The molecule has 0 saturated carbocycles. The lowest BCUT2D eigenvalue weighted by Crippen LogP contribution is -2.37. The van der Waals surface area contributed by atoms with Gasteiger partial charge in [0, 0.05) is 18.3 Å². The van der Waals surface area contributed by atoms with Gasteiger partial charge in [0.25, 0.3) is 0 Å². The van der Waals surface area contributed by atoms with E-state index in [0.717, 1.165) is 37.2 Å². The van der Waals surface area contributed by atoms with Crippen molar-refractivity contribution in [3.05, 3.63) is 65.8 Å². The number of hydrogen-bond donors (Lipinski definition) is 0. The molecule has 2 aromatic heterocycles. The van der Waals surface area contributed by atoms with Crippen LogP contribution in [0.1, 0.15) is 43.0 Å². The lowest BCUT2D eigenvalue weighted by Gasteiger charge is -2.37. The summed E-state index contributed by atoms with van der Waals surface area (Å²) in [4.78, 5) is 11.5. The number of nitriles is 1. The third-order valence-corrected chi connectivity index (χ3v) is 5.07. The van der Waals surface area contributed by atoms with E-state index in [0.29, 0.717) is 23.2 Å². The lowest BCUT2D eigenvalue weighted by molar-refractivity contribution is 0.0673. The van der Waals surface area contributed by atoms with E-state index in [9.17, 15) is 0 Å². The monoisotopic (exact) mass is 359 g/mol. The number of rotatable bonds is 4. The fourth-order valence-corrected chi connectivity index (χ4v) is 3.75. The van der Waals surface area contributed by atoms with E-state index < -0.39 is 0 Å². The first-order valence-corrected chi connectivity index (χ1v) is 9.22. The minimum Gasteiger partial charge on any atom is -0.337 e. The number of benzene rings is 1. The van der Waals surface area contributed by atoms with E-state index in [-0.39, 0.29) is 6.04 Å². The zero-order valence-electron chi connectivity index (χ0n) is 15.2. The van der Waals surface area contributed by atoms with E-state index in [1.54, 1.807) is 12.1 Å². The molecular weight excluding hydrogens is 338 g/mol. The molecule has 6 nitrogen and oxygen atoms in total. The van der Waals surface area contributed by atoms with Crippen LogP contribution in [0, 0.1) is 17.2 Å². The molecule has 0 bridgehead atoms. The zero-order valence-corrected chi connectivity index (χ0v) is 15.2. The average molecular weight is 359 g/mol. The van der Waals surface area contributed by atoms with Gasteiger partial charge in [0.2, 0.25) is 11.7 Å². The number of hydrogen-bond acceptors (Lipinski definition) is 6. The molecule has 0 N–H and O–H groups in total. The van der Waals surface area contributed by atoms with E-state index in [4.69, 9.17) is 9.78 Å². The first kappa shape index (κ1) is 17.4. The van der Waals surface area contributed by atoms with Crippen molar-refractivity contribution in [2.75, 3.05) is 6.54 Å². The Morgan fingerprint density at radius 1 is 1.26 bits per heavy atom. The van der Waals surface area contributed by atoms with E-state index in [2.05, 4.69) is 33.0 Å². The van der Waals surface area contributed by atoms with Crippen LogP contribution in [0.5, 0.6) is 0 Å². The van der Waals surface area contributed by atoms with Gasteiger partial charge in [-0.1, -0.05) is 30.3 Å². The molecule has 1 aliphatic heterocycles. The van der Waals surface area contributed by atoms with Gasteiger partial charge in [0.15, 0.2) is 0 Å². The largest absolute Gasteiger partial charge is 0.337 e. The lowest BCUT2D eigenvalue weighted by atomic mass is 9.90. The summed E-state index contributed by atoms with van der Waals surface area (Å²) in [7, 11) is 0. The molecule has 136 valence electrons. The van der Waals surface area contributed by atoms with Gasteiger partial charge < -0.3 is 4.52 Å². The number of aromatic nitrogens is 3. The normalized spacial score (nSPS) is 20.3. The minimum atomic E-state index is 0.0705. The van der Waals surface area contributed by atoms with Crippen LogP contribution in [0.3, 0.4) is 0 Å². The van der Waals surface area contributed by atoms with Crippen LogP contribution in [-0.4, -0.2) is 26.6 Å². The van der Waals surface area contributed by atoms with Crippen molar-refractivity contribution >= 4 is 0 Å². The second-order valence-electron chi connectivity index (χ2n) is 7.00. The van der Waals surface area contributed by atoms with Crippen molar-refractivity contribution in [1.29, 1.82) is 5.26 Å². The van der Waals surface area contributed by atoms with Crippen molar-refractivity contribution in [1.82, 2.24) is 20.0 Å². The van der Waals surface area contributed by atoms with E-state index in [1.165, 1.54) is 0 Å². The van der Waals surface area contributed by atoms with Crippen LogP contribution >= 0.6 is 0 Å². The Hall–Kier alpha value is -3.04. The molecule has 2 atom stereocenters. The summed E-state index contributed by atoms with van der Waals surface area (Å²) in [6.07, 6.45) is 4.10. The van der Waals surface area contributed by atoms with Gasteiger partial charge >= 0.3 is 0 Å². The van der Waals surface area contributed by atoms with Crippen molar-refractivity contribution in [2.45, 2.75) is 32.4 Å². The molecule has 0 aliphatic carbocycles. The van der Waals surface area contributed by atoms with E-state index >= 15 is 0 Å². The van der Waals surface area contributed by atoms with Crippen molar-refractivity contribution in [3.63, 3.8) is 0 Å². The quantitative estimate of drug-likeness (QED) is 0.701. The van der Waals surface area contributed by atoms with Crippen LogP contribution in [0.4, 0.5) is 0 Å². The number of likely N-dealkylation sites (tertiary alicyclic amines) is 1. The molecule has 0 unspecified atom stereocenters. The average Bonchev–Trinajstić information content (AvgIpc) is 3.19. The molecule has 0 spiro atoms. The Balaban J connectivity index is 1.61. The highest BCUT2D eigenvalue weighted by Gasteiger charge is 2.34. The van der Waals surface area contributed by atoms with Gasteiger partial charge in [-0.05, 0) is 49.6 Å². The summed E-state index contributed by atoms with van der Waals surface area (Å²) in [6.45, 7) is 3.97. The highest BCUT2D eigenvalue weighted by molar-refractivity contribution is 5.57. The Bertz CT molecular complexity index is 946. The molecule has 27 heavy (non-hydrogen) atoms. The molecule has 6 heteroatoms. The smallest absolute Gasteiger partial charge is 0.244 e. The van der Waals surface area contributed by atoms with Crippen LogP contribution in [-0.2, 0) is 6.54 Å². The van der Waals surface area contributed by atoms with Crippen molar-refractivity contribution in [3.8, 4) is 17.5 Å². The predicted octanol–water partition coefficient (Wildman–Crippen LogP) is 3.98. The molecule has 1 aromatic carbocycles. The summed E-state index contributed by atoms with van der Waals surface area (Å²) < 4.78 is 5.66. The molecule has 4 rings (SSSR count). The van der Waals surface area contributed by atoms with Crippen molar-refractivity contribution < 1.29 is 4.52 Å². The SMILES string of the molecule is C[C@@H]1CCCN(Cc2ccccn2)[C@H]1c1nc(-c2cccc(C#N)c2)no1. The topological polar surface area (TPSA) is 78.8 Å². The molecule has 3 heterocycles. The molecule has 1 aliphatic rings. The third kappa shape index (κ3) is 3.74. The van der Waals surface area contributed by atoms with Crippen LogP contribution in [0.25, 0.3) is 11.4 Å². The fraction of sp³-hybridized carbons (Fsp3) is 0.333. The summed E-state index contributed by atoms with van der Waals surface area (Å²) >= 11 is 0. The predicted molar refractivity (Wildman–Crippen MR) is 100 cm³/mol. The maximum Gasteiger partial charge on any atom is 0.244 e. The van der Waals surface area contributed by atoms with Gasteiger partial charge in [-0.25, -0.2) is 0 Å². The van der Waals surface area contributed by atoms with Crippen LogP contribution < -0.4 is 0 Å². The standard InChI is InChI=1S/C21H21N5O/c1-15-6-5-11-26(14-18-9-2-3-10-23-18)19(15)21-24-20(25-27-21)17-8-4-7-16(12-17)13-22/h2-4,7-10,12,15,19H,5-6,11,14H2,1H3/t15-,19-/m1/s1. The molecule has 0 amide bonds. The third-order valence-electron chi connectivity index (χ3n) is 5.07.